The van der Waals surface area contributed by atoms with Gasteiger partial charge >= 0.3 is 6.03 Å². The normalized spacial score (nSPS) is 17.1. The molecule has 1 aromatic rings. The summed E-state index contributed by atoms with van der Waals surface area (Å²) in [5.74, 6) is -2.86. The van der Waals surface area contributed by atoms with Gasteiger partial charge < -0.3 is 4.90 Å². The lowest BCUT2D eigenvalue weighted by molar-refractivity contribution is -0.133. The van der Waals surface area contributed by atoms with Gasteiger partial charge in [0.2, 0.25) is 15.9 Å². The Balaban J connectivity index is 2.07. The first-order valence-electron chi connectivity index (χ1n) is 9.58. The Bertz CT molecular complexity index is 951. The number of hydroxylamine groups is 1. The minimum Gasteiger partial charge on any atom is -0.313 e. The summed E-state index contributed by atoms with van der Waals surface area (Å²) in [4.78, 5) is 39.2. The molecule has 10 nitrogen and oxygen atoms in total. The number of likely N-dealkylation sites (N-methyl/N-ethyl adjacent to an activating group) is 1. The number of nitrogens with one attached hydrogen (secondary N) is 1. The number of amides is 4. The molecular weight excluding hydrogens is 448 g/mol. The molecule has 0 bridgehead atoms. The van der Waals surface area contributed by atoms with Gasteiger partial charge in [-0.2, -0.15) is 0 Å². The SMILES string of the molecule is CN1C(=O)N(CCCC(CS(=O)(=O)N(C)c2ccc(Cl)cc2)C(=O)NO)C(=O)C1(C)C. The Morgan fingerprint density at radius 2 is 1.84 bits per heavy atom. The van der Waals surface area contributed by atoms with E-state index in [1.54, 1.807) is 26.0 Å². The molecule has 1 fully saturated rings. The number of hydrogen-bond donors (Lipinski definition) is 2. The standard InChI is InChI=1S/C19H27ClN4O6S/c1-19(2)17(26)24(18(27)22(19)3)11-5-6-13(16(25)21-28)12-31(29,30)23(4)15-9-7-14(20)8-10-15/h7-10,13,28H,5-6,11-12H2,1-4H3,(H,21,25). The van der Waals surface area contributed by atoms with E-state index in [1.807, 2.05) is 0 Å². The van der Waals surface area contributed by atoms with E-state index in [2.05, 4.69) is 0 Å². The van der Waals surface area contributed by atoms with E-state index in [9.17, 15) is 22.8 Å². The average molecular weight is 475 g/mol. The second-order valence-electron chi connectivity index (χ2n) is 7.90. The molecule has 1 aliphatic heterocycles. The van der Waals surface area contributed by atoms with Gasteiger partial charge in [-0.3, -0.25) is 24.0 Å². The molecule has 1 atom stereocenters. The highest BCUT2D eigenvalue weighted by atomic mass is 35.5. The van der Waals surface area contributed by atoms with Gasteiger partial charge in [0.25, 0.3) is 5.91 Å². The highest BCUT2D eigenvalue weighted by molar-refractivity contribution is 7.92. The molecule has 1 saturated heterocycles. The van der Waals surface area contributed by atoms with Crippen LogP contribution in [0, 0.1) is 5.92 Å². The summed E-state index contributed by atoms with van der Waals surface area (Å²) < 4.78 is 26.6. The highest BCUT2D eigenvalue weighted by Gasteiger charge is 2.48. The molecule has 2 N–H and O–H groups in total. The molecule has 31 heavy (non-hydrogen) atoms. The molecule has 0 aromatic heterocycles. The van der Waals surface area contributed by atoms with Crippen LogP contribution in [0.5, 0.6) is 0 Å². The van der Waals surface area contributed by atoms with Crippen LogP contribution in [0.15, 0.2) is 24.3 Å². The Labute approximate surface area is 186 Å². The van der Waals surface area contributed by atoms with Crippen molar-refractivity contribution in [2.24, 2.45) is 5.92 Å². The predicted octanol–water partition coefficient (Wildman–Crippen LogP) is 1.68. The van der Waals surface area contributed by atoms with E-state index >= 15 is 0 Å². The van der Waals surface area contributed by atoms with E-state index in [-0.39, 0.29) is 25.3 Å². The number of urea groups is 1. The smallest absolute Gasteiger partial charge is 0.313 e. The maximum Gasteiger partial charge on any atom is 0.327 e. The summed E-state index contributed by atoms with van der Waals surface area (Å²) in [7, 11) is -1.03. The molecule has 0 spiro atoms. The van der Waals surface area contributed by atoms with Crippen molar-refractivity contribution in [3.8, 4) is 0 Å². The molecule has 4 amide bonds. The lowest BCUT2D eigenvalue weighted by Gasteiger charge is -2.23. The first-order valence-corrected chi connectivity index (χ1v) is 11.6. The van der Waals surface area contributed by atoms with Crippen molar-refractivity contribution in [3.63, 3.8) is 0 Å². The predicted molar refractivity (Wildman–Crippen MR) is 115 cm³/mol. The van der Waals surface area contributed by atoms with Crippen LogP contribution in [-0.4, -0.2) is 73.2 Å². The molecule has 1 unspecified atom stereocenters. The Morgan fingerprint density at radius 1 is 1.26 bits per heavy atom. The van der Waals surface area contributed by atoms with Crippen LogP contribution in [0.2, 0.25) is 5.02 Å². The second kappa shape index (κ2) is 9.41. The van der Waals surface area contributed by atoms with Gasteiger partial charge in [0.05, 0.1) is 17.4 Å². The van der Waals surface area contributed by atoms with E-state index in [0.717, 1.165) is 9.21 Å². The molecule has 1 aromatic carbocycles. The fourth-order valence-corrected chi connectivity index (χ4v) is 4.85. The summed E-state index contributed by atoms with van der Waals surface area (Å²) in [6, 6.07) is 5.70. The number of carbonyl (C=O) groups is 3. The Kier molecular flexibility index (Phi) is 7.56. The molecule has 172 valence electrons. The van der Waals surface area contributed by atoms with E-state index in [1.165, 1.54) is 36.6 Å². The third kappa shape index (κ3) is 5.28. The molecular formula is C19H27ClN4O6S. The number of nitrogens with zero attached hydrogens (tertiary/aromatic N) is 3. The third-order valence-electron chi connectivity index (χ3n) is 5.56. The minimum atomic E-state index is -3.92. The van der Waals surface area contributed by atoms with Gasteiger partial charge in [-0.15, -0.1) is 0 Å². The Morgan fingerprint density at radius 3 is 2.32 bits per heavy atom. The summed E-state index contributed by atoms with van der Waals surface area (Å²) >= 11 is 5.83. The van der Waals surface area contributed by atoms with Crippen LogP contribution < -0.4 is 9.79 Å². The summed E-state index contributed by atoms with van der Waals surface area (Å²) in [6.07, 6.45) is 0.237. The average Bonchev–Trinajstić information content (AvgIpc) is 2.86. The van der Waals surface area contributed by atoms with Crippen molar-refractivity contribution in [1.29, 1.82) is 0 Å². The molecule has 0 aliphatic carbocycles. The van der Waals surface area contributed by atoms with Gasteiger partial charge in [0.1, 0.15) is 5.54 Å². The van der Waals surface area contributed by atoms with Crippen molar-refractivity contribution in [2.45, 2.75) is 32.2 Å². The molecule has 1 heterocycles. The maximum absolute atomic E-state index is 12.8. The van der Waals surface area contributed by atoms with Crippen LogP contribution in [0.1, 0.15) is 26.7 Å². The van der Waals surface area contributed by atoms with Gasteiger partial charge in [-0.1, -0.05) is 11.6 Å². The number of halogens is 1. The largest absolute Gasteiger partial charge is 0.327 e. The van der Waals surface area contributed by atoms with Crippen LogP contribution in [-0.2, 0) is 19.6 Å². The number of sulfonamides is 1. The van der Waals surface area contributed by atoms with Crippen molar-refractivity contribution < 1.29 is 28.0 Å². The number of benzene rings is 1. The van der Waals surface area contributed by atoms with Gasteiger partial charge in [0, 0.05) is 25.7 Å². The zero-order valence-electron chi connectivity index (χ0n) is 17.8. The lowest BCUT2D eigenvalue weighted by atomic mass is 10.0. The monoisotopic (exact) mass is 474 g/mol. The number of rotatable bonds is 9. The molecule has 2 rings (SSSR count). The quantitative estimate of drug-likeness (QED) is 0.318. The third-order valence-corrected chi connectivity index (χ3v) is 7.68. The van der Waals surface area contributed by atoms with E-state index in [4.69, 9.17) is 16.8 Å². The first kappa shape index (κ1) is 24.9. The number of hydrogen-bond acceptors (Lipinski definition) is 6. The number of carbonyl (C=O) groups excluding carboxylic acids is 3. The van der Waals surface area contributed by atoms with Crippen molar-refractivity contribution in [2.75, 3.05) is 30.7 Å². The summed E-state index contributed by atoms with van der Waals surface area (Å²) in [5, 5.41) is 9.49. The van der Waals surface area contributed by atoms with Crippen molar-refractivity contribution in [1.82, 2.24) is 15.3 Å². The van der Waals surface area contributed by atoms with Crippen molar-refractivity contribution in [3.05, 3.63) is 29.3 Å². The van der Waals surface area contributed by atoms with Crippen molar-refractivity contribution >= 4 is 45.2 Å². The zero-order valence-corrected chi connectivity index (χ0v) is 19.4. The lowest BCUT2D eigenvalue weighted by Crippen LogP contribution is -2.41. The summed E-state index contributed by atoms with van der Waals surface area (Å²) in [5.41, 5.74) is 0.893. The number of imide groups is 1. The second-order valence-corrected chi connectivity index (χ2v) is 10.4. The Hall–Kier alpha value is -2.37. The fourth-order valence-electron chi connectivity index (χ4n) is 3.23. The van der Waals surface area contributed by atoms with E-state index in [0.29, 0.717) is 10.7 Å². The fraction of sp³-hybridized carbons (Fsp3) is 0.526. The molecule has 0 radical (unpaired) electrons. The molecule has 0 saturated carbocycles. The van der Waals surface area contributed by atoms with Gasteiger partial charge in [0.15, 0.2) is 0 Å². The number of anilines is 1. The van der Waals surface area contributed by atoms with Crippen LogP contribution in [0.4, 0.5) is 10.5 Å². The van der Waals surface area contributed by atoms with E-state index < -0.39 is 39.2 Å². The van der Waals surface area contributed by atoms with Crippen LogP contribution in [0.25, 0.3) is 0 Å². The van der Waals surface area contributed by atoms with Gasteiger partial charge in [-0.25, -0.2) is 18.7 Å². The zero-order chi connectivity index (χ0) is 23.6. The first-order chi connectivity index (χ1) is 14.3. The summed E-state index contributed by atoms with van der Waals surface area (Å²) in [6.45, 7) is 3.30. The van der Waals surface area contributed by atoms with Gasteiger partial charge in [-0.05, 0) is 51.0 Å². The van der Waals surface area contributed by atoms with Crippen LogP contribution >= 0.6 is 11.6 Å². The van der Waals surface area contributed by atoms with Crippen LogP contribution in [0.3, 0.4) is 0 Å². The molecule has 1 aliphatic rings. The highest BCUT2D eigenvalue weighted by Crippen LogP contribution is 2.27. The molecule has 12 heteroatoms. The minimum absolute atomic E-state index is 0.0354. The topological polar surface area (TPSA) is 127 Å². The maximum atomic E-state index is 12.8.